The van der Waals surface area contributed by atoms with E-state index in [4.69, 9.17) is 0 Å². The molecule has 0 aromatic rings. The van der Waals surface area contributed by atoms with Crippen LogP contribution in [0.25, 0.3) is 0 Å². The van der Waals surface area contributed by atoms with E-state index in [0.717, 1.165) is 17.9 Å². The molecule has 2 atom stereocenters. The van der Waals surface area contributed by atoms with Crippen molar-refractivity contribution in [1.82, 2.24) is 10.2 Å². The summed E-state index contributed by atoms with van der Waals surface area (Å²) in [7, 11) is 2.13. The average Bonchev–Trinajstić information content (AvgIpc) is 2.40. The van der Waals surface area contributed by atoms with Gasteiger partial charge in [-0.15, -0.1) is 0 Å². The standard InChI is InChI=1S/C15H30N2/c1-3-14-12-17(10-9-15(14)16-2)11-13-7-5-4-6-8-13/h13-16H,3-12H2,1-2H3. The second-order valence-electron chi connectivity index (χ2n) is 6.12. The number of likely N-dealkylation sites (tertiary alicyclic amines) is 1. The Labute approximate surface area is 107 Å². The summed E-state index contributed by atoms with van der Waals surface area (Å²) in [6, 6.07) is 0.766. The molecule has 2 rings (SSSR count). The Kier molecular flexibility index (Phi) is 5.30. The molecule has 0 radical (unpaired) electrons. The van der Waals surface area contributed by atoms with Crippen molar-refractivity contribution in [3.63, 3.8) is 0 Å². The zero-order valence-electron chi connectivity index (χ0n) is 11.8. The van der Waals surface area contributed by atoms with Crippen LogP contribution in [0.15, 0.2) is 0 Å². The lowest BCUT2D eigenvalue weighted by molar-refractivity contribution is 0.112. The molecule has 2 unspecified atom stereocenters. The topological polar surface area (TPSA) is 15.3 Å². The molecular formula is C15H30N2. The lowest BCUT2D eigenvalue weighted by Crippen LogP contribution is -2.49. The van der Waals surface area contributed by atoms with Crippen molar-refractivity contribution in [2.75, 3.05) is 26.7 Å². The molecule has 2 fully saturated rings. The van der Waals surface area contributed by atoms with Crippen molar-refractivity contribution >= 4 is 0 Å². The highest BCUT2D eigenvalue weighted by atomic mass is 15.1. The molecular weight excluding hydrogens is 208 g/mol. The van der Waals surface area contributed by atoms with Gasteiger partial charge in [-0.2, -0.15) is 0 Å². The third kappa shape index (κ3) is 3.69. The van der Waals surface area contributed by atoms with Gasteiger partial charge in [-0.1, -0.05) is 32.6 Å². The van der Waals surface area contributed by atoms with Crippen molar-refractivity contribution in [2.24, 2.45) is 11.8 Å². The van der Waals surface area contributed by atoms with Gasteiger partial charge >= 0.3 is 0 Å². The van der Waals surface area contributed by atoms with E-state index in [1.54, 1.807) is 0 Å². The van der Waals surface area contributed by atoms with E-state index in [1.165, 1.54) is 64.6 Å². The summed E-state index contributed by atoms with van der Waals surface area (Å²) >= 11 is 0. The largest absolute Gasteiger partial charge is 0.317 e. The van der Waals surface area contributed by atoms with Crippen LogP contribution in [-0.2, 0) is 0 Å². The predicted octanol–water partition coefficient (Wildman–Crippen LogP) is 2.89. The van der Waals surface area contributed by atoms with Crippen LogP contribution in [0.2, 0.25) is 0 Å². The summed E-state index contributed by atoms with van der Waals surface area (Å²) in [4.78, 5) is 2.75. The van der Waals surface area contributed by atoms with Crippen LogP contribution in [-0.4, -0.2) is 37.6 Å². The Morgan fingerprint density at radius 2 is 1.88 bits per heavy atom. The smallest absolute Gasteiger partial charge is 0.0117 e. The van der Waals surface area contributed by atoms with Gasteiger partial charge in [0.15, 0.2) is 0 Å². The molecule has 2 heteroatoms. The summed E-state index contributed by atoms with van der Waals surface area (Å²) in [5.74, 6) is 1.88. The van der Waals surface area contributed by atoms with E-state index in [9.17, 15) is 0 Å². The number of hydrogen-bond acceptors (Lipinski definition) is 2. The quantitative estimate of drug-likeness (QED) is 0.810. The Bertz CT molecular complexity index is 209. The maximum Gasteiger partial charge on any atom is 0.0117 e. The van der Waals surface area contributed by atoms with E-state index in [1.807, 2.05) is 0 Å². The van der Waals surface area contributed by atoms with Gasteiger partial charge < -0.3 is 10.2 Å². The molecule has 0 aromatic heterocycles. The van der Waals surface area contributed by atoms with Gasteiger partial charge in [-0.3, -0.25) is 0 Å². The molecule has 100 valence electrons. The van der Waals surface area contributed by atoms with E-state index >= 15 is 0 Å². The molecule has 1 saturated carbocycles. The fraction of sp³-hybridized carbons (Fsp3) is 1.00. The molecule has 1 aliphatic carbocycles. The average molecular weight is 238 g/mol. The molecule has 1 N–H and O–H groups in total. The van der Waals surface area contributed by atoms with Gasteiger partial charge in [0.05, 0.1) is 0 Å². The molecule has 0 bridgehead atoms. The molecule has 0 aromatic carbocycles. The van der Waals surface area contributed by atoms with Crippen LogP contribution >= 0.6 is 0 Å². The van der Waals surface area contributed by atoms with Crippen LogP contribution in [0, 0.1) is 11.8 Å². The Balaban J connectivity index is 1.78. The van der Waals surface area contributed by atoms with E-state index in [-0.39, 0.29) is 0 Å². The summed E-state index contributed by atoms with van der Waals surface area (Å²) in [5, 5.41) is 3.50. The van der Waals surface area contributed by atoms with E-state index in [0.29, 0.717) is 0 Å². The van der Waals surface area contributed by atoms with Crippen LogP contribution in [0.5, 0.6) is 0 Å². The molecule has 17 heavy (non-hydrogen) atoms. The summed E-state index contributed by atoms with van der Waals surface area (Å²) in [5.41, 5.74) is 0. The van der Waals surface area contributed by atoms with Gasteiger partial charge in [0.2, 0.25) is 0 Å². The second-order valence-corrected chi connectivity index (χ2v) is 6.12. The van der Waals surface area contributed by atoms with Crippen molar-refractivity contribution in [2.45, 2.75) is 57.9 Å². The molecule has 1 heterocycles. The first kappa shape index (κ1) is 13.4. The van der Waals surface area contributed by atoms with E-state index < -0.39 is 0 Å². The Hall–Kier alpha value is -0.0800. The van der Waals surface area contributed by atoms with Crippen molar-refractivity contribution in [3.05, 3.63) is 0 Å². The van der Waals surface area contributed by atoms with Crippen LogP contribution in [0.3, 0.4) is 0 Å². The Morgan fingerprint density at radius 1 is 1.12 bits per heavy atom. The molecule has 1 aliphatic heterocycles. The van der Waals surface area contributed by atoms with Crippen molar-refractivity contribution in [3.8, 4) is 0 Å². The highest BCUT2D eigenvalue weighted by Gasteiger charge is 2.28. The van der Waals surface area contributed by atoms with Gasteiger partial charge in [0.1, 0.15) is 0 Å². The minimum Gasteiger partial charge on any atom is -0.317 e. The first-order chi connectivity index (χ1) is 8.33. The highest BCUT2D eigenvalue weighted by Crippen LogP contribution is 2.27. The lowest BCUT2D eigenvalue weighted by atomic mass is 9.86. The monoisotopic (exact) mass is 238 g/mol. The van der Waals surface area contributed by atoms with Gasteiger partial charge in [-0.05, 0) is 44.7 Å². The Morgan fingerprint density at radius 3 is 2.53 bits per heavy atom. The normalized spacial score (nSPS) is 32.8. The summed E-state index contributed by atoms with van der Waals surface area (Å²) in [6.07, 6.45) is 10.1. The number of nitrogens with zero attached hydrogens (tertiary/aromatic N) is 1. The maximum absolute atomic E-state index is 3.50. The third-order valence-corrected chi connectivity index (χ3v) is 4.95. The minimum atomic E-state index is 0.766. The van der Waals surface area contributed by atoms with Gasteiger partial charge in [0.25, 0.3) is 0 Å². The zero-order valence-corrected chi connectivity index (χ0v) is 11.8. The van der Waals surface area contributed by atoms with Crippen LogP contribution in [0.1, 0.15) is 51.9 Å². The zero-order chi connectivity index (χ0) is 12.1. The SMILES string of the molecule is CCC1CN(CC2CCCCC2)CCC1NC. The second kappa shape index (κ2) is 6.75. The van der Waals surface area contributed by atoms with Crippen molar-refractivity contribution < 1.29 is 0 Å². The number of piperidine rings is 1. The summed E-state index contributed by atoms with van der Waals surface area (Å²) < 4.78 is 0. The minimum absolute atomic E-state index is 0.766. The summed E-state index contributed by atoms with van der Waals surface area (Å²) in [6.45, 7) is 6.38. The maximum atomic E-state index is 3.50. The number of hydrogen-bond donors (Lipinski definition) is 1. The van der Waals surface area contributed by atoms with E-state index in [2.05, 4.69) is 24.2 Å². The van der Waals surface area contributed by atoms with Gasteiger partial charge in [-0.25, -0.2) is 0 Å². The molecule has 0 spiro atoms. The fourth-order valence-corrected chi connectivity index (χ4v) is 3.80. The highest BCUT2D eigenvalue weighted by molar-refractivity contribution is 4.84. The van der Waals surface area contributed by atoms with Crippen LogP contribution in [0.4, 0.5) is 0 Å². The van der Waals surface area contributed by atoms with Gasteiger partial charge in [0, 0.05) is 19.1 Å². The lowest BCUT2D eigenvalue weighted by Gasteiger charge is -2.40. The third-order valence-electron chi connectivity index (χ3n) is 4.95. The van der Waals surface area contributed by atoms with Crippen molar-refractivity contribution in [1.29, 1.82) is 0 Å². The van der Waals surface area contributed by atoms with Crippen LogP contribution < -0.4 is 5.32 Å². The first-order valence-corrected chi connectivity index (χ1v) is 7.73. The number of rotatable bonds is 4. The molecule has 0 amide bonds. The number of nitrogens with one attached hydrogen (secondary N) is 1. The molecule has 2 aliphatic rings. The molecule has 2 nitrogen and oxygen atoms in total. The first-order valence-electron chi connectivity index (χ1n) is 7.73. The molecule has 1 saturated heterocycles. The fourth-order valence-electron chi connectivity index (χ4n) is 3.80. The predicted molar refractivity (Wildman–Crippen MR) is 74.3 cm³/mol.